The molecule has 1 aromatic rings. The highest BCUT2D eigenvalue weighted by Gasteiger charge is 2.12. The molecule has 0 saturated carbocycles. The van der Waals surface area contributed by atoms with Gasteiger partial charge in [-0.15, -0.1) is 0 Å². The van der Waals surface area contributed by atoms with Gasteiger partial charge >= 0.3 is 0 Å². The topological polar surface area (TPSA) is 61.8 Å². The Morgan fingerprint density at radius 1 is 1.50 bits per heavy atom. The predicted octanol–water partition coefficient (Wildman–Crippen LogP) is 1.87. The van der Waals surface area contributed by atoms with Crippen molar-refractivity contribution in [3.8, 4) is 0 Å². The van der Waals surface area contributed by atoms with E-state index >= 15 is 0 Å². The molecule has 0 aliphatic heterocycles. The zero-order chi connectivity index (χ0) is 15.1. The number of rotatable bonds is 7. The SMILES string of the molecule is COCC(O)CN(C)CC(=O)Nc1ccc(Cl)cc1Cl. The van der Waals surface area contributed by atoms with Crippen LogP contribution >= 0.6 is 23.2 Å². The summed E-state index contributed by atoms with van der Waals surface area (Å²) in [7, 11) is 3.25. The summed E-state index contributed by atoms with van der Waals surface area (Å²) >= 11 is 11.7. The van der Waals surface area contributed by atoms with E-state index in [9.17, 15) is 9.90 Å². The van der Waals surface area contributed by atoms with E-state index in [0.29, 0.717) is 22.3 Å². The molecule has 1 unspecified atom stereocenters. The van der Waals surface area contributed by atoms with E-state index in [1.165, 1.54) is 7.11 Å². The number of methoxy groups -OCH3 is 1. The van der Waals surface area contributed by atoms with Gasteiger partial charge in [0.15, 0.2) is 0 Å². The van der Waals surface area contributed by atoms with Gasteiger partial charge in [-0.2, -0.15) is 0 Å². The fourth-order valence-corrected chi connectivity index (χ4v) is 2.15. The quantitative estimate of drug-likeness (QED) is 0.805. The number of amides is 1. The summed E-state index contributed by atoms with van der Waals surface area (Å²) in [4.78, 5) is 13.5. The smallest absolute Gasteiger partial charge is 0.238 e. The summed E-state index contributed by atoms with van der Waals surface area (Å²) in [5, 5.41) is 13.1. The third-order valence-electron chi connectivity index (χ3n) is 2.50. The van der Waals surface area contributed by atoms with Crippen LogP contribution in [0.1, 0.15) is 0 Å². The van der Waals surface area contributed by atoms with Crippen molar-refractivity contribution in [2.45, 2.75) is 6.10 Å². The number of carbonyl (C=O) groups is 1. The number of nitrogens with zero attached hydrogens (tertiary/aromatic N) is 1. The van der Waals surface area contributed by atoms with Crippen LogP contribution in [-0.4, -0.2) is 55.9 Å². The standard InChI is InChI=1S/C13H18Cl2N2O3/c1-17(6-10(18)8-20-2)7-13(19)16-12-4-3-9(14)5-11(12)15/h3-5,10,18H,6-8H2,1-2H3,(H,16,19). The number of likely N-dealkylation sites (N-methyl/N-ethyl adjacent to an activating group) is 1. The highest BCUT2D eigenvalue weighted by Crippen LogP contribution is 2.25. The zero-order valence-corrected chi connectivity index (χ0v) is 12.9. The van der Waals surface area contributed by atoms with Gasteiger partial charge in [0.1, 0.15) is 0 Å². The number of carbonyl (C=O) groups excluding carboxylic acids is 1. The first kappa shape index (κ1) is 17.2. The Morgan fingerprint density at radius 2 is 2.20 bits per heavy atom. The molecule has 112 valence electrons. The van der Waals surface area contributed by atoms with E-state index in [2.05, 4.69) is 5.32 Å². The van der Waals surface area contributed by atoms with Crippen molar-refractivity contribution in [2.75, 3.05) is 39.2 Å². The van der Waals surface area contributed by atoms with Crippen LogP contribution in [0.25, 0.3) is 0 Å². The van der Waals surface area contributed by atoms with Crippen molar-refractivity contribution in [1.82, 2.24) is 4.90 Å². The second-order valence-electron chi connectivity index (χ2n) is 4.48. The van der Waals surface area contributed by atoms with Crippen molar-refractivity contribution in [1.29, 1.82) is 0 Å². The van der Waals surface area contributed by atoms with E-state index in [1.807, 2.05) is 0 Å². The molecule has 0 aromatic heterocycles. The highest BCUT2D eigenvalue weighted by atomic mass is 35.5. The molecule has 1 rings (SSSR count). The molecule has 0 radical (unpaired) electrons. The van der Waals surface area contributed by atoms with Crippen LogP contribution in [0, 0.1) is 0 Å². The number of hydrogen-bond donors (Lipinski definition) is 2. The van der Waals surface area contributed by atoms with Crippen LogP contribution < -0.4 is 5.32 Å². The molecule has 0 fully saturated rings. The Hall–Kier alpha value is -0.850. The minimum Gasteiger partial charge on any atom is -0.389 e. The normalized spacial score (nSPS) is 12.5. The van der Waals surface area contributed by atoms with Crippen LogP contribution in [0.15, 0.2) is 18.2 Å². The minimum absolute atomic E-state index is 0.139. The molecule has 0 saturated heterocycles. The van der Waals surface area contributed by atoms with E-state index in [1.54, 1.807) is 30.1 Å². The van der Waals surface area contributed by atoms with Gasteiger partial charge in [-0.25, -0.2) is 0 Å². The fourth-order valence-electron chi connectivity index (χ4n) is 1.70. The molecule has 0 bridgehead atoms. The van der Waals surface area contributed by atoms with Crippen LogP contribution in [-0.2, 0) is 9.53 Å². The first-order chi connectivity index (χ1) is 9.42. The number of ether oxygens (including phenoxy) is 1. The molecule has 0 aliphatic carbocycles. The molecule has 0 spiro atoms. The maximum Gasteiger partial charge on any atom is 0.238 e. The summed E-state index contributed by atoms with van der Waals surface area (Å²) in [6.07, 6.45) is -0.628. The Kier molecular flexibility index (Phi) is 7.26. The molecule has 7 heteroatoms. The monoisotopic (exact) mass is 320 g/mol. The summed E-state index contributed by atoms with van der Waals surface area (Å²) < 4.78 is 4.82. The lowest BCUT2D eigenvalue weighted by Gasteiger charge is -2.19. The van der Waals surface area contributed by atoms with Gasteiger partial charge in [-0.05, 0) is 25.2 Å². The summed E-state index contributed by atoms with van der Waals surface area (Å²) in [5.41, 5.74) is 0.506. The number of anilines is 1. The van der Waals surface area contributed by atoms with Crippen molar-refractivity contribution < 1.29 is 14.6 Å². The Balaban J connectivity index is 2.46. The summed E-state index contributed by atoms with van der Waals surface area (Å²) in [6, 6.07) is 4.85. The van der Waals surface area contributed by atoms with E-state index in [4.69, 9.17) is 27.9 Å². The Labute approximate surface area is 128 Å². The molecular formula is C13H18Cl2N2O3. The van der Waals surface area contributed by atoms with Crippen LogP contribution in [0.5, 0.6) is 0 Å². The van der Waals surface area contributed by atoms with Gasteiger partial charge in [-0.1, -0.05) is 23.2 Å². The van der Waals surface area contributed by atoms with Crippen molar-refractivity contribution in [2.24, 2.45) is 0 Å². The van der Waals surface area contributed by atoms with Crippen LogP contribution in [0.2, 0.25) is 10.0 Å². The van der Waals surface area contributed by atoms with Gasteiger partial charge in [0, 0.05) is 18.7 Å². The molecule has 0 aliphatic rings. The Bertz CT molecular complexity index is 457. The third kappa shape index (κ3) is 6.07. The van der Waals surface area contributed by atoms with E-state index < -0.39 is 6.10 Å². The summed E-state index contributed by atoms with van der Waals surface area (Å²) in [6.45, 7) is 0.713. The molecule has 1 amide bonds. The number of halogens is 2. The average molecular weight is 321 g/mol. The number of hydrogen-bond acceptors (Lipinski definition) is 4. The lowest BCUT2D eigenvalue weighted by atomic mass is 10.3. The van der Waals surface area contributed by atoms with Gasteiger partial charge in [0.2, 0.25) is 5.91 Å². The zero-order valence-electron chi connectivity index (χ0n) is 11.4. The van der Waals surface area contributed by atoms with Crippen molar-refractivity contribution in [3.05, 3.63) is 28.2 Å². The molecule has 1 aromatic carbocycles. The third-order valence-corrected chi connectivity index (χ3v) is 3.05. The van der Waals surface area contributed by atoms with E-state index in [0.717, 1.165) is 0 Å². The number of aliphatic hydroxyl groups excluding tert-OH is 1. The van der Waals surface area contributed by atoms with Gasteiger partial charge in [0.05, 0.1) is 30.0 Å². The fraction of sp³-hybridized carbons (Fsp3) is 0.462. The predicted molar refractivity (Wildman–Crippen MR) is 80.5 cm³/mol. The second kappa shape index (κ2) is 8.44. The lowest BCUT2D eigenvalue weighted by molar-refractivity contribution is -0.117. The average Bonchev–Trinajstić information content (AvgIpc) is 2.32. The first-order valence-electron chi connectivity index (χ1n) is 6.02. The first-order valence-corrected chi connectivity index (χ1v) is 6.78. The van der Waals surface area contributed by atoms with Gasteiger partial charge in [-0.3, -0.25) is 9.69 Å². The molecule has 1 atom stereocenters. The number of benzene rings is 1. The van der Waals surface area contributed by atoms with Crippen molar-refractivity contribution >= 4 is 34.8 Å². The number of aliphatic hydroxyl groups is 1. The van der Waals surface area contributed by atoms with Gasteiger partial charge in [0.25, 0.3) is 0 Å². The van der Waals surface area contributed by atoms with Gasteiger partial charge < -0.3 is 15.2 Å². The maximum atomic E-state index is 11.8. The largest absolute Gasteiger partial charge is 0.389 e. The van der Waals surface area contributed by atoms with Crippen LogP contribution in [0.4, 0.5) is 5.69 Å². The molecule has 20 heavy (non-hydrogen) atoms. The molecular weight excluding hydrogens is 303 g/mol. The second-order valence-corrected chi connectivity index (χ2v) is 5.32. The molecule has 2 N–H and O–H groups in total. The number of nitrogens with one attached hydrogen (secondary N) is 1. The Morgan fingerprint density at radius 3 is 2.80 bits per heavy atom. The minimum atomic E-state index is -0.628. The molecule has 5 nitrogen and oxygen atoms in total. The highest BCUT2D eigenvalue weighted by molar-refractivity contribution is 6.36. The van der Waals surface area contributed by atoms with Crippen LogP contribution in [0.3, 0.4) is 0 Å². The van der Waals surface area contributed by atoms with E-state index in [-0.39, 0.29) is 19.1 Å². The van der Waals surface area contributed by atoms with Crippen molar-refractivity contribution in [3.63, 3.8) is 0 Å². The maximum absolute atomic E-state index is 11.8. The molecule has 0 heterocycles. The summed E-state index contributed by atoms with van der Waals surface area (Å²) in [5.74, 6) is -0.221. The lowest BCUT2D eigenvalue weighted by Crippen LogP contribution is -2.37.